The Kier molecular flexibility index (Phi) is 7.29. The number of para-hydroxylation sites is 1. The van der Waals surface area contributed by atoms with Gasteiger partial charge in [0, 0.05) is 32.3 Å². The number of furan rings is 1. The minimum absolute atomic E-state index is 0.770. The van der Waals surface area contributed by atoms with Crippen LogP contribution in [0.5, 0.6) is 0 Å². The third-order valence-electron chi connectivity index (χ3n) is 4.48. The Labute approximate surface area is 166 Å². The standard InChI is InChI=1S/C22H29N5O/c1-3-23-22(25-15-13-21-12-8-16-28-21)24-14-7-9-19-17-27(26-18(19)2)20-10-5-4-6-11-20/h4-6,8,10-12,16-17H,3,7,9,13-15H2,1-2H3,(H2,23,24,25). The van der Waals surface area contributed by atoms with Crippen molar-refractivity contribution in [2.45, 2.75) is 33.1 Å². The van der Waals surface area contributed by atoms with E-state index in [0.29, 0.717) is 0 Å². The van der Waals surface area contributed by atoms with Crippen LogP contribution in [0.2, 0.25) is 0 Å². The van der Waals surface area contributed by atoms with Gasteiger partial charge in [0.05, 0.1) is 17.6 Å². The normalized spacial score (nSPS) is 11.6. The van der Waals surface area contributed by atoms with E-state index in [0.717, 1.165) is 62.0 Å². The van der Waals surface area contributed by atoms with Gasteiger partial charge in [-0.05, 0) is 56.5 Å². The third-order valence-corrected chi connectivity index (χ3v) is 4.48. The number of aromatic nitrogens is 2. The van der Waals surface area contributed by atoms with Crippen molar-refractivity contribution in [1.82, 2.24) is 20.4 Å². The first kappa shape index (κ1) is 19.7. The lowest BCUT2D eigenvalue weighted by Crippen LogP contribution is -2.38. The molecule has 0 radical (unpaired) electrons. The number of guanidine groups is 1. The van der Waals surface area contributed by atoms with E-state index in [-0.39, 0.29) is 0 Å². The molecule has 6 nitrogen and oxygen atoms in total. The third kappa shape index (κ3) is 5.74. The molecule has 28 heavy (non-hydrogen) atoms. The first-order valence-corrected chi connectivity index (χ1v) is 9.91. The Morgan fingerprint density at radius 1 is 1.11 bits per heavy atom. The monoisotopic (exact) mass is 379 g/mol. The Morgan fingerprint density at radius 2 is 1.96 bits per heavy atom. The molecule has 0 bridgehead atoms. The molecular formula is C22H29N5O. The van der Waals surface area contributed by atoms with Crippen LogP contribution in [-0.2, 0) is 12.8 Å². The van der Waals surface area contributed by atoms with Crippen LogP contribution in [0.1, 0.15) is 30.4 Å². The number of nitrogens with zero attached hydrogens (tertiary/aromatic N) is 3. The second-order valence-electron chi connectivity index (χ2n) is 6.64. The minimum atomic E-state index is 0.770. The van der Waals surface area contributed by atoms with E-state index in [1.807, 2.05) is 35.0 Å². The number of rotatable bonds is 9. The summed E-state index contributed by atoms with van der Waals surface area (Å²) in [6.45, 7) is 6.55. The molecule has 0 aliphatic rings. The Morgan fingerprint density at radius 3 is 2.71 bits per heavy atom. The average Bonchev–Trinajstić information content (AvgIpc) is 3.36. The van der Waals surface area contributed by atoms with E-state index < -0.39 is 0 Å². The zero-order chi connectivity index (χ0) is 19.6. The number of aliphatic imine (C=N–C) groups is 1. The van der Waals surface area contributed by atoms with Gasteiger partial charge in [-0.2, -0.15) is 5.10 Å². The lowest BCUT2D eigenvalue weighted by molar-refractivity contribution is 0.507. The van der Waals surface area contributed by atoms with Gasteiger partial charge in [0.1, 0.15) is 5.76 Å². The topological polar surface area (TPSA) is 67.4 Å². The number of benzene rings is 1. The minimum Gasteiger partial charge on any atom is -0.469 e. The van der Waals surface area contributed by atoms with Crippen LogP contribution in [0.15, 0.2) is 64.3 Å². The van der Waals surface area contributed by atoms with Crippen LogP contribution in [0.3, 0.4) is 0 Å². The molecule has 0 fully saturated rings. The molecule has 0 saturated carbocycles. The summed E-state index contributed by atoms with van der Waals surface area (Å²) in [4.78, 5) is 4.68. The largest absolute Gasteiger partial charge is 0.469 e. The molecule has 0 unspecified atom stereocenters. The summed E-state index contributed by atoms with van der Waals surface area (Å²) in [6, 6.07) is 14.1. The van der Waals surface area contributed by atoms with Crippen molar-refractivity contribution >= 4 is 5.96 Å². The van der Waals surface area contributed by atoms with Gasteiger partial charge in [-0.1, -0.05) is 18.2 Å². The first-order valence-electron chi connectivity index (χ1n) is 9.91. The molecule has 0 aliphatic heterocycles. The summed E-state index contributed by atoms with van der Waals surface area (Å²) < 4.78 is 7.31. The lowest BCUT2D eigenvalue weighted by Gasteiger charge is -2.10. The highest BCUT2D eigenvalue weighted by atomic mass is 16.3. The van der Waals surface area contributed by atoms with Crippen LogP contribution in [0.4, 0.5) is 0 Å². The van der Waals surface area contributed by atoms with Crippen LogP contribution in [0, 0.1) is 6.92 Å². The summed E-state index contributed by atoms with van der Waals surface area (Å²) in [7, 11) is 0. The zero-order valence-corrected chi connectivity index (χ0v) is 16.7. The molecular weight excluding hydrogens is 350 g/mol. The smallest absolute Gasteiger partial charge is 0.191 e. The molecule has 0 amide bonds. The highest BCUT2D eigenvalue weighted by Gasteiger charge is 2.06. The quantitative estimate of drug-likeness (QED) is 0.339. The molecule has 2 heterocycles. The van der Waals surface area contributed by atoms with Crippen LogP contribution in [-0.4, -0.2) is 35.4 Å². The van der Waals surface area contributed by atoms with Gasteiger partial charge in [0.15, 0.2) is 5.96 Å². The fourth-order valence-corrected chi connectivity index (χ4v) is 3.02. The van der Waals surface area contributed by atoms with E-state index >= 15 is 0 Å². The molecule has 3 aromatic rings. The Hall–Kier alpha value is -3.02. The molecule has 6 heteroatoms. The maximum absolute atomic E-state index is 5.36. The van der Waals surface area contributed by atoms with E-state index in [1.54, 1.807) is 6.26 Å². The average molecular weight is 380 g/mol. The van der Waals surface area contributed by atoms with Crippen LogP contribution in [0.25, 0.3) is 5.69 Å². The van der Waals surface area contributed by atoms with Crippen molar-refractivity contribution < 1.29 is 4.42 Å². The highest BCUT2D eigenvalue weighted by Crippen LogP contribution is 2.13. The number of hydrogen-bond donors (Lipinski definition) is 2. The molecule has 2 N–H and O–H groups in total. The van der Waals surface area contributed by atoms with Gasteiger partial charge < -0.3 is 15.1 Å². The molecule has 2 aromatic heterocycles. The van der Waals surface area contributed by atoms with Gasteiger partial charge >= 0.3 is 0 Å². The molecule has 148 valence electrons. The van der Waals surface area contributed by atoms with Gasteiger partial charge in [-0.3, -0.25) is 4.99 Å². The molecule has 0 saturated heterocycles. The van der Waals surface area contributed by atoms with Gasteiger partial charge in [-0.15, -0.1) is 0 Å². The zero-order valence-electron chi connectivity index (χ0n) is 16.7. The maximum Gasteiger partial charge on any atom is 0.191 e. The molecule has 0 atom stereocenters. The van der Waals surface area contributed by atoms with Crippen molar-refractivity contribution in [3.8, 4) is 5.69 Å². The number of hydrogen-bond acceptors (Lipinski definition) is 3. The fourth-order valence-electron chi connectivity index (χ4n) is 3.02. The molecule has 1 aromatic carbocycles. The second kappa shape index (κ2) is 10.3. The van der Waals surface area contributed by atoms with Crippen LogP contribution >= 0.6 is 0 Å². The summed E-state index contributed by atoms with van der Waals surface area (Å²) in [5.41, 5.74) is 3.44. The Bertz CT molecular complexity index is 852. The summed E-state index contributed by atoms with van der Waals surface area (Å²) >= 11 is 0. The fraction of sp³-hybridized carbons (Fsp3) is 0.364. The van der Waals surface area contributed by atoms with Crippen molar-refractivity contribution in [2.75, 3.05) is 19.6 Å². The molecule has 3 rings (SSSR count). The van der Waals surface area contributed by atoms with E-state index in [9.17, 15) is 0 Å². The van der Waals surface area contributed by atoms with E-state index in [4.69, 9.17) is 4.42 Å². The highest BCUT2D eigenvalue weighted by molar-refractivity contribution is 5.79. The second-order valence-corrected chi connectivity index (χ2v) is 6.64. The van der Waals surface area contributed by atoms with E-state index in [1.165, 1.54) is 5.56 Å². The van der Waals surface area contributed by atoms with Crippen molar-refractivity contribution in [3.05, 3.63) is 71.9 Å². The summed E-state index contributed by atoms with van der Waals surface area (Å²) in [5, 5.41) is 11.3. The summed E-state index contributed by atoms with van der Waals surface area (Å²) in [5.74, 6) is 1.83. The predicted octanol–water partition coefficient (Wildman–Crippen LogP) is 3.50. The molecule has 0 spiro atoms. The summed E-state index contributed by atoms with van der Waals surface area (Å²) in [6.07, 6.45) is 6.62. The van der Waals surface area contributed by atoms with Gasteiger partial charge in [0.25, 0.3) is 0 Å². The first-order chi connectivity index (χ1) is 13.8. The number of nitrogens with one attached hydrogen (secondary N) is 2. The van der Waals surface area contributed by atoms with Crippen molar-refractivity contribution in [2.24, 2.45) is 4.99 Å². The molecule has 0 aliphatic carbocycles. The van der Waals surface area contributed by atoms with Crippen LogP contribution < -0.4 is 10.6 Å². The van der Waals surface area contributed by atoms with Crippen molar-refractivity contribution in [3.63, 3.8) is 0 Å². The predicted molar refractivity (Wildman–Crippen MR) is 113 cm³/mol. The van der Waals surface area contributed by atoms with E-state index in [2.05, 4.69) is 52.9 Å². The van der Waals surface area contributed by atoms with Gasteiger partial charge in [0.2, 0.25) is 0 Å². The maximum atomic E-state index is 5.36. The van der Waals surface area contributed by atoms with Crippen molar-refractivity contribution in [1.29, 1.82) is 0 Å². The SMILES string of the molecule is CCNC(=NCCCc1cn(-c2ccccc2)nc1C)NCCc1ccco1. The Balaban J connectivity index is 1.47. The number of aryl methyl sites for hydroxylation is 2. The van der Waals surface area contributed by atoms with Gasteiger partial charge in [-0.25, -0.2) is 4.68 Å². The lowest BCUT2D eigenvalue weighted by atomic mass is 10.1.